The zero-order chi connectivity index (χ0) is 13.9. The molecule has 2 aromatic carbocycles. The average molecular weight is 261 g/mol. The number of fused-ring (bicyclic) bond motifs is 1. The van der Waals surface area contributed by atoms with Crippen LogP contribution >= 0.6 is 0 Å². The van der Waals surface area contributed by atoms with Crippen molar-refractivity contribution < 1.29 is 0 Å². The van der Waals surface area contributed by atoms with Crippen LogP contribution in [0.5, 0.6) is 0 Å². The van der Waals surface area contributed by atoms with E-state index in [4.69, 9.17) is 0 Å². The third-order valence-electron chi connectivity index (χ3n) is 3.38. The molecular formula is C18H15NO. The van der Waals surface area contributed by atoms with Gasteiger partial charge in [0.05, 0.1) is 5.52 Å². The molecule has 0 aliphatic heterocycles. The second-order valence-corrected chi connectivity index (χ2v) is 4.79. The Morgan fingerprint density at radius 2 is 1.60 bits per heavy atom. The largest absolute Gasteiger partial charge is 0.350 e. The summed E-state index contributed by atoms with van der Waals surface area (Å²) in [6, 6.07) is 17.7. The lowest BCUT2D eigenvalue weighted by atomic mass is 10.1. The van der Waals surface area contributed by atoms with Gasteiger partial charge in [-0.15, -0.1) is 0 Å². The standard InChI is InChI=1S/C18H15NO/c1-19-13-15(12-11-14-7-3-2-4-8-14)18(20)16-9-5-6-10-17(16)19/h2-13H,1H3/b12-11-. The summed E-state index contributed by atoms with van der Waals surface area (Å²) in [5.74, 6) is 0. The van der Waals surface area contributed by atoms with Gasteiger partial charge in [-0.25, -0.2) is 0 Å². The van der Waals surface area contributed by atoms with Crippen LogP contribution in [-0.4, -0.2) is 4.57 Å². The van der Waals surface area contributed by atoms with Crippen molar-refractivity contribution in [3.8, 4) is 0 Å². The fourth-order valence-electron chi connectivity index (χ4n) is 2.33. The van der Waals surface area contributed by atoms with E-state index >= 15 is 0 Å². The summed E-state index contributed by atoms with van der Waals surface area (Å²) in [7, 11) is 1.96. The summed E-state index contributed by atoms with van der Waals surface area (Å²) in [4.78, 5) is 12.4. The van der Waals surface area contributed by atoms with Crippen LogP contribution < -0.4 is 5.43 Å². The van der Waals surface area contributed by atoms with Gasteiger partial charge in [-0.05, 0) is 23.8 Å². The predicted octanol–water partition coefficient (Wildman–Crippen LogP) is 3.71. The number of pyridine rings is 1. The van der Waals surface area contributed by atoms with Crippen LogP contribution in [0.1, 0.15) is 11.1 Å². The summed E-state index contributed by atoms with van der Waals surface area (Å²) in [6.07, 6.45) is 5.72. The van der Waals surface area contributed by atoms with Crippen LogP contribution in [0.3, 0.4) is 0 Å². The second kappa shape index (κ2) is 5.17. The fraction of sp³-hybridized carbons (Fsp3) is 0.0556. The van der Waals surface area contributed by atoms with E-state index in [0.717, 1.165) is 16.5 Å². The predicted molar refractivity (Wildman–Crippen MR) is 84.6 cm³/mol. The molecule has 0 fully saturated rings. The molecule has 0 aliphatic carbocycles. The van der Waals surface area contributed by atoms with E-state index in [1.807, 2.05) is 84.6 Å². The van der Waals surface area contributed by atoms with E-state index in [1.54, 1.807) is 0 Å². The molecule has 0 atom stereocenters. The van der Waals surface area contributed by atoms with Crippen molar-refractivity contribution in [3.63, 3.8) is 0 Å². The Bertz CT molecular complexity index is 829. The van der Waals surface area contributed by atoms with Gasteiger partial charge in [0, 0.05) is 24.2 Å². The molecule has 0 N–H and O–H groups in total. The van der Waals surface area contributed by atoms with E-state index in [9.17, 15) is 4.79 Å². The molecule has 0 saturated carbocycles. The summed E-state index contributed by atoms with van der Waals surface area (Å²) < 4.78 is 1.99. The molecule has 0 unspecified atom stereocenters. The fourth-order valence-corrected chi connectivity index (χ4v) is 2.33. The second-order valence-electron chi connectivity index (χ2n) is 4.79. The van der Waals surface area contributed by atoms with Crippen LogP contribution in [0.15, 0.2) is 65.6 Å². The molecule has 98 valence electrons. The number of hydrogen-bond donors (Lipinski definition) is 0. The zero-order valence-electron chi connectivity index (χ0n) is 11.3. The summed E-state index contributed by atoms with van der Waals surface area (Å²) in [6.45, 7) is 0. The van der Waals surface area contributed by atoms with E-state index < -0.39 is 0 Å². The Labute approximate surface area is 117 Å². The van der Waals surface area contributed by atoms with E-state index in [2.05, 4.69) is 0 Å². The van der Waals surface area contributed by atoms with Crippen molar-refractivity contribution in [1.29, 1.82) is 0 Å². The Kier molecular flexibility index (Phi) is 3.21. The molecule has 1 heterocycles. The number of benzene rings is 2. The lowest BCUT2D eigenvalue weighted by molar-refractivity contribution is 0.947. The Hall–Kier alpha value is -2.61. The topological polar surface area (TPSA) is 22.0 Å². The molecule has 0 spiro atoms. The van der Waals surface area contributed by atoms with E-state index in [-0.39, 0.29) is 5.43 Å². The average Bonchev–Trinajstić information content (AvgIpc) is 2.50. The molecule has 3 rings (SSSR count). The molecule has 0 bridgehead atoms. The van der Waals surface area contributed by atoms with Gasteiger partial charge >= 0.3 is 0 Å². The van der Waals surface area contributed by atoms with Crippen LogP contribution in [0.25, 0.3) is 23.1 Å². The minimum atomic E-state index is 0.0749. The Balaban J connectivity index is 2.11. The van der Waals surface area contributed by atoms with Crippen molar-refractivity contribution in [2.75, 3.05) is 0 Å². The molecule has 0 aliphatic rings. The van der Waals surface area contributed by atoms with Crippen molar-refractivity contribution >= 4 is 23.1 Å². The monoisotopic (exact) mass is 261 g/mol. The SMILES string of the molecule is Cn1cc(/C=C\c2ccccc2)c(=O)c2ccccc21. The highest BCUT2D eigenvalue weighted by molar-refractivity contribution is 5.82. The number of para-hydroxylation sites is 1. The summed E-state index contributed by atoms with van der Waals surface area (Å²) in [5, 5.41) is 0.755. The minimum Gasteiger partial charge on any atom is -0.350 e. The third kappa shape index (κ3) is 2.28. The van der Waals surface area contributed by atoms with Gasteiger partial charge in [0.15, 0.2) is 5.43 Å². The maximum atomic E-state index is 12.4. The third-order valence-corrected chi connectivity index (χ3v) is 3.38. The molecular weight excluding hydrogens is 246 g/mol. The molecule has 2 nitrogen and oxygen atoms in total. The van der Waals surface area contributed by atoms with Gasteiger partial charge in [-0.3, -0.25) is 4.79 Å². The quantitative estimate of drug-likeness (QED) is 0.689. The van der Waals surface area contributed by atoms with Gasteiger partial charge < -0.3 is 4.57 Å². The van der Waals surface area contributed by atoms with Gasteiger partial charge in [-0.1, -0.05) is 48.5 Å². The highest BCUT2D eigenvalue weighted by Gasteiger charge is 2.04. The number of aromatic nitrogens is 1. The molecule has 1 aromatic heterocycles. The van der Waals surface area contributed by atoms with Crippen molar-refractivity contribution in [2.45, 2.75) is 0 Å². The highest BCUT2D eigenvalue weighted by Crippen LogP contribution is 2.12. The molecule has 0 radical (unpaired) electrons. The first-order valence-electron chi connectivity index (χ1n) is 6.57. The van der Waals surface area contributed by atoms with Crippen molar-refractivity contribution in [2.24, 2.45) is 7.05 Å². The molecule has 0 saturated heterocycles. The zero-order valence-corrected chi connectivity index (χ0v) is 11.3. The molecule has 2 heteroatoms. The first-order chi connectivity index (χ1) is 9.75. The van der Waals surface area contributed by atoms with Gasteiger partial charge in [0.25, 0.3) is 0 Å². The van der Waals surface area contributed by atoms with Crippen LogP contribution in [0, 0.1) is 0 Å². The summed E-state index contributed by atoms with van der Waals surface area (Å²) >= 11 is 0. The van der Waals surface area contributed by atoms with Gasteiger partial charge in [0.2, 0.25) is 0 Å². The Morgan fingerprint density at radius 3 is 2.40 bits per heavy atom. The number of nitrogens with zero attached hydrogens (tertiary/aromatic N) is 1. The lowest BCUT2D eigenvalue weighted by Crippen LogP contribution is -2.10. The van der Waals surface area contributed by atoms with Gasteiger partial charge in [-0.2, -0.15) is 0 Å². The van der Waals surface area contributed by atoms with Crippen molar-refractivity contribution in [1.82, 2.24) is 4.57 Å². The maximum Gasteiger partial charge on any atom is 0.196 e. The molecule has 20 heavy (non-hydrogen) atoms. The lowest BCUT2D eigenvalue weighted by Gasteiger charge is -2.06. The van der Waals surface area contributed by atoms with Gasteiger partial charge in [0.1, 0.15) is 0 Å². The van der Waals surface area contributed by atoms with E-state index in [1.165, 1.54) is 0 Å². The minimum absolute atomic E-state index is 0.0749. The number of aryl methyl sites for hydroxylation is 1. The highest BCUT2D eigenvalue weighted by atomic mass is 16.1. The van der Waals surface area contributed by atoms with Crippen LogP contribution in [0.2, 0.25) is 0 Å². The molecule has 0 amide bonds. The van der Waals surface area contributed by atoms with Crippen molar-refractivity contribution in [3.05, 3.63) is 82.1 Å². The number of rotatable bonds is 2. The molecule has 3 aromatic rings. The first kappa shape index (κ1) is 12.4. The smallest absolute Gasteiger partial charge is 0.196 e. The first-order valence-corrected chi connectivity index (χ1v) is 6.57. The number of hydrogen-bond acceptors (Lipinski definition) is 1. The van der Waals surface area contributed by atoms with Crippen LogP contribution in [-0.2, 0) is 7.05 Å². The Morgan fingerprint density at radius 1 is 0.900 bits per heavy atom. The normalized spacial score (nSPS) is 11.2. The maximum absolute atomic E-state index is 12.4. The van der Waals surface area contributed by atoms with E-state index in [0.29, 0.717) is 5.56 Å². The van der Waals surface area contributed by atoms with Crippen LogP contribution in [0.4, 0.5) is 0 Å². The summed E-state index contributed by atoms with van der Waals surface area (Å²) in [5.41, 5.74) is 2.82.